The van der Waals surface area contributed by atoms with Crippen molar-refractivity contribution in [2.24, 2.45) is 5.41 Å². The van der Waals surface area contributed by atoms with E-state index in [2.05, 4.69) is 19.2 Å². The van der Waals surface area contributed by atoms with E-state index in [4.69, 9.17) is 4.74 Å². The van der Waals surface area contributed by atoms with Crippen molar-refractivity contribution in [1.82, 2.24) is 5.32 Å². The molecule has 0 heterocycles. The summed E-state index contributed by atoms with van der Waals surface area (Å²) in [4.78, 5) is 11.1. The molecule has 3 nitrogen and oxygen atoms in total. The Bertz CT molecular complexity index is 154. The van der Waals surface area contributed by atoms with Crippen molar-refractivity contribution in [3.05, 3.63) is 0 Å². The zero-order chi connectivity index (χ0) is 12.3. The summed E-state index contributed by atoms with van der Waals surface area (Å²) < 4.78 is 4.86. The summed E-state index contributed by atoms with van der Waals surface area (Å²) in [5.41, 5.74) is -0.310. The first-order valence-electron chi connectivity index (χ1n) is 5.84. The van der Waals surface area contributed by atoms with Gasteiger partial charge in [-0.3, -0.25) is 4.79 Å². The van der Waals surface area contributed by atoms with Crippen LogP contribution in [-0.2, 0) is 9.53 Å². The van der Waals surface area contributed by atoms with Crippen molar-refractivity contribution in [2.75, 3.05) is 19.7 Å². The Morgan fingerprint density at radius 1 is 1.13 bits per heavy atom. The Morgan fingerprint density at radius 2 is 1.60 bits per heavy atom. The molecular weight excluding hydrogens is 190 g/mol. The molecule has 15 heavy (non-hydrogen) atoms. The fourth-order valence-electron chi connectivity index (χ4n) is 0.721. The zero-order valence-corrected chi connectivity index (χ0v) is 11.1. The van der Waals surface area contributed by atoms with E-state index >= 15 is 0 Å². The summed E-state index contributed by atoms with van der Waals surface area (Å²) >= 11 is 0. The van der Waals surface area contributed by atoms with Crippen molar-refractivity contribution in [3.63, 3.8) is 0 Å². The largest absolute Gasteiger partial charge is 0.466 e. The van der Waals surface area contributed by atoms with E-state index in [1.165, 1.54) is 0 Å². The van der Waals surface area contributed by atoms with Gasteiger partial charge in [-0.1, -0.05) is 20.8 Å². The highest BCUT2D eigenvalue weighted by Gasteiger charge is 2.26. The van der Waals surface area contributed by atoms with Crippen molar-refractivity contribution in [3.8, 4) is 0 Å². The topological polar surface area (TPSA) is 38.3 Å². The molecule has 0 fully saturated rings. The van der Waals surface area contributed by atoms with Crippen molar-refractivity contribution in [1.29, 1.82) is 0 Å². The fraction of sp³-hybridized carbons (Fsp3) is 0.917. The van der Waals surface area contributed by atoms with Gasteiger partial charge < -0.3 is 10.1 Å². The molecule has 0 saturated heterocycles. The first-order valence-corrected chi connectivity index (χ1v) is 5.84. The number of nitrogens with one attached hydrogen (secondary N) is 1. The van der Waals surface area contributed by atoms with E-state index < -0.39 is 0 Å². The summed E-state index contributed by atoms with van der Waals surface area (Å²) in [6, 6.07) is 0. The Kier molecular flexibility index (Phi) is 11.2. The van der Waals surface area contributed by atoms with Crippen LogP contribution >= 0.6 is 0 Å². The molecule has 0 bridgehead atoms. The number of hydrogen-bond acceptors (Lipinski definition) is 3. The Labute approximate surface area is 94.6 Å². The number of rotatable bonds is 5. The molecule has 0 unspecified atom stereocenters. The molecule has 0 aromatic rings. The van der Waals surface area contributed by atoms with Crippen LogP contribution in [0, 0.1) is 5.41 Å². The minimum absolute atomic E-state index is 0.0995. The van der Waals surface area contributed by atoms with Gasteiger partial charge in [-0.25, -0.2) is 0 Å². The van der Waals surface area contributed by atoms with E-state index in [-0.39, 0.29) is 11.4 Å². The smallest absolute Gasteiger partial charge is 0.311 e. The molecule has 0 aliphatic carbocycles. The number of carbonyl (C=O) groups is 1. The molecule has 0 spiro atoms. The standard InChI is InChI=1S/C8H16O2.C4H11N/c1-5-8(3,4)7(9)10-6-2;1-3-5-4-2/h5-6H2,1-4H3;5H,3-4H2,1-2H3. The van der Waals surface area contributed by atoms with E-state index in [1.54, 1.807) is 0 Å². The molecule has 1 N–H and O–H groups in total. The third-order valence-electron chi connectivity index (χ3n) is 2.21. The Hall–Kier alpha value is -0.570. The van der Waals surface area contributed by atoms with Gasteiger partial charge in [0.05, 0.1) is 12.0 Å². The van der Waals surface area contributed by atoms with E-state index in [1.807, 2.05) is 27.7 Å². The van der Waals surface area contributed by atoms with Gasteiger partial charge in [0.15, 0.2) is 0 Å². The molecule has 0 aromatic carbocycles. The normalized spacial score (nSPS) is 10.3. The first kappa shape index (κ1) is 16.8. The van der Waals surface area contributed by atoms with Crippen molar-refractivity contribution < 1.29 is 9.53 Å². The molecule has 0 saturated carbocycles. The molecule has 0 aromatic heterocycles. The molecule has 3 heteroatoms. The zero-order valence-electron chi connectivity index (χ0n) is 11.1. The quantitative estimate of drug-likeness (QED) is 0.719. The van der Waals surface area contributed by atoms with E-state index in [9.17, 15) is 4.79 Å². The van der Waals surface area contributed by atoms with Gasteiger partial charge in [0.25, 0.3) is 0 Å². The molecule has 0 amide bonds. The summed E-state index contributed by atoms with van der Waals surface area (Å²) in [6.45, 7) is 14.5. The molecule has 0 atom stereocenters. The van der Waals surface area contributed by atoms with Crippen LogP contribution in [0.5, 0.6) is 0 Å². The van der Waals surface area contributed by atoms with Crippen LogP contribution in [0.1, 0.15) is 48.0 Å². The van der Waals surface area contributed by atoms with Gasteiger partial charge in [0.1, 0.15) is 0 Å². The lowest BCUT2D eigenvalue weighted by Crippen LogP contribution is -2.25. The predicted molar refractivity (Wildman–Crippen MR) is 64.9 cm³/mol. The second-order valence-electron chi connectivity index (χ2n) is 3.92. The lowest BCUT2D eigenvalue weighted by molar-refractivity contribution is -0.153. The number of carbonyl (C=O) groups excluding carboxylic acids is 1. The summed E-state index contributed by atoms with van der Waals surface area (Å²) in [5, 5.41) is 3.11. The highest BCUT2D eigenvalue weighted by Crippen LogP contribution is 2.20. The van der Waals surface area contributed by atoms with Gasteiger partial charge in [-0.15, -0.1) is 0 Å². The van der Waals surface area contributed by atoms with Gasteiger partial charge >= 0.3 is 5.97 Å². The Morgan fingerprint density at radius 3 is 1.80 bits per heavy atom. The monoisotopic (exact) mass is 217 g/mol. The van der Waals surface area contributed by atoms with E-state index in [0.717, 1.165) is 19.5 Å². The lowest BCUT2D eigenvalue weighted by Gasteiger charge is -2.19. The summed E-state index contributed by atoms with van der Waals surface area (Å²) in [5.74, 6) is -0.0995. The SMILES string of the molecule is CCNCC.CCOC(=O)C(C)(C)CC. The van der Waals surface area contributed by atoms with Crippen LogP contribution in [0.4, 0.5) is 0 Å². The Balaban J connectivity index is 0. The second-order valence-corrected chi connectivity index (χ2v) is 3.92. The lowest BCUT2D eigenvalue weighted by atomic mass is 9.91. The van der Waals surface area contributed by atoms with Crippen molar-refractivity contribution in [2.45, 2.75) is 48.0 Å². The third-order valence-corrected chi connectivity index (χ3v) is 2.21. The number of hydrogen-bond donors (Lipinski definition) is 1. The number of esters is 1. The van der Waals surface area contributed by atoms with Crippen LogP contribution in [0.2, 0.25) is 0 Å². The molecule has 0 radical (unpaired) electrons. The minimum atomic E-state index is -0.310. The maximum absolute atomic E-state index is 11.1. The summed E-state index contributed by atoms with van der Waals surface area (Å²) in [6.07, 6.45) is 0.825. The average Bonchev–Trinajstić information content (AvgIpc) is 2.20. The van der Waals surface area contributed by atoms with Gasteiger partial charge in [-0.05, 0) is 40.3 Å². The van der Waals surface area contributed by atoms with E-state index in [0.29, 0.717) is 6.61 Å². The van der Waals surface area contributed by atoms with Gasteiger partial charge in [-0.2, -0.15) is 0 Å². The molecule has 0 aliphatic heterocycles. The van der Waals surface area contributed by atoms with Crippen LogP contribution in [0.3, 0.4) is 0 Å². The fourth-order valence-corrected chi connectivity index (χ4v) is 0.721. The summed E-state index contributed by atoms with van der Waals surface area (Å²) in [7, 11) is 0. The highest BCUT2D eigenvalue weighted by molar-refractivity contribution is 5.75. The number of ether oxygens (including phenoxy) is 1. The molecule has 0 rings (SSSR count). The first-order chi connectivity index (χ1) is 6.96. The van der Waals surface area contributed by atoms with Crippen LogP contribution in [0.15, 0.2) is 0 Å². The van der Waals surface area contributed by atoms with Crippen molar-refractivity contribution >= 4 is 5.97 Å². The maximum atomic E-state index is 11.1. The second kappa shape index (κ2) is 9.97. The van der Waals surface area contributed by atoms with Gasteiger partial charge in [0, 0.05) is 0 Å². The molecule has 92 valence electrons. The predicted octanol–water partition coefficient (Wildman–Crippen LogP) is 2.60. The van der Waals surface area contributed by atoms with Crippen LogP contribution < -0.4 is 5.32 Å². The molecular formula is C12H27NO2. The highest BCUT2D eigenvalue weighted by atomic mass is 16.5. The van der Waals surface area contributed by atoms with Crippen LogP contribution in [0.25, 0.3) is 0 Å². The third kappa shape index (κ3) is 9.73. The maximum Gasteiger partial charge on any atom is 0.311 e. The van der Waals surface area contributed by atoms with Crippen LogP contribution in [-0.4, -0.2) is 25.7 Å². The molecule has 0 aliphatic rings. The average molecular weight is 217 g/mol. The van der Waals surface area contributed by atoms with Gasteiger partial charge in [0.2, 0.25) is 0 Å². The minimum Gasteiger partial charge on any atom is -0.466 e.